The van der Waals surface area contributed by atoms with Crippen LogP contribution in [0.15, 0.2) is 6.20 Å². The van der Waals surface area contributed by atoms with Crippen LogP contribution < -0.4 is 10.6 Å². The standard InChI is InChI=1S/C10H15N5O3/c16-9(12-7-1-2-7)5-11-3-4-15-6-8(10(17)18)13-14-15/h6-7,11H,1-5H2,(H,12,16)(H,17,18). The van der Waals surface area contributed by atoms with E-state index in [-0.39, 0.29) is 18.1 Å². The molecule has 2 rings (SSSR count). The molecule has 0 aromatic carbocycles. The number of hydrogen-bond donors (Lipinski definition) is 3. The minimum atomic E-state index is -1.10. The molecule has 1 aliphatic carbocycles. The van der Waals surface area contributed by atoms with Gasteiger partial charge in [0, 0.05) is 12.6 Å². The number of aromatic nitrogens is 3. The lowest BCUT2D eigenvalue weighted by molar-refractivity contribution is -0.120. The minimum absolute atomic E-state index is 0.0117. The van der Waals surface area contributed by atoms with E-state index in [2.05, 4.69) is 20.9 Å². The summed E-state index contributed by atoms with van der Waals surface area (Å²) in [6.07, 6.45) is 3.50. The fourth-order valence-electron chi connectivity index (χ4n) is 1.41. The largest absolute Gasteiger partial charge is 0.476 e. The van der Waals surface area contributed by atoms with E-state index in [1.54, 1.807) is 0 Å². The zero-order chi connectivity index (χ0) is 13.0. The molecule has 8 heteroatoms. The van der Waals surface area contributed by atoms with Gasteiger partial charge < -0.3 is 15.7 Å². The summed E-state index contributed by atoms with van der Waals surface area (Å²) in [4.78, 5) is 21.9. The molecule has 0 unspecified atom stereocenters. The highest BCUT2D eigenvalue weighted by Gasteiger charge is 2.22. The van der Waals surface area contributed by atoms with Gasteiger partial charge in [0.05, 0.1) is 19.3 Å². The van der Waals surface area contributed by atoms with Gasteiger partial charge >= 0.3 is 5.97 Å². The highest BCUT2D eigenvalue weighted by molar-refractivity contribution is 5.84. The monoisotopic (exact) mass is 253 g/mol. The number of hydrogen-bond acceptors (Lipinski definition) is 5. The van der Waals surface area contributed by atoms with Crippen molar-refractivity contribution < 1.29 is 14.7 Å². The normalized spacial score (nSPS) is 14.4. The fraction of sp³-hybridized carbons (Fsp3) is 0.600. The maximum absolute atomic E-state index is 11.3. The van der Waals surface area contributed by atoms with Crippen LogP contribution in [0, 0.1) is 0 Å². The Labute approximate surface area is 103 Å². The van der Waals surface area contributed by atoms with Crippen molar-refractivity contribution in [2.75, 3.05) is 13.1 Å². The van der Waals surface area contributed by atoms with Gasteiger partial charge in [0.25, 0.3) is 0 Å². The maximum Gasteiger partial charge on any atom is 0.358 e. The average Bonchev–Trinajstić information content (AvgIpc) is 2.99. The van der Waals surface area contributed by atoms with E-state index < -0.39 is 5.97 Å². The molecule has 1 aliphatic rings. The second-order valence-corrected chi connectivity index (χ2v) is 4.19. The molecule has 1 saturated carbocycles. The van der Waals surface area contributed by atoms with E-state index in [0.29, 0.717) is 19.1 Å². The predicted molar refractivity (Wildman–Crippen MR) is 61.0 cm³/mol. The number of carboxylic acid groups (broad SMARTS) is 1. The Hall–Kier alpha value is -1.96. The third-order valence-electron chi connectivity index (χ3n) is 2.50. The Balaban J connectivity index is 1.61. The molecule has 1 amide bonds. The molecule has 98 valence electrons. The molecule has 1 aromatic rings. The molecular formula is C10H15N5O3. The molecule has 0 bridgehead atoms. The molecule has 1 aromatic heterocycles. The summed E-state index contributed by atoms with van der Waals surface area (Å²) in [6, 6.07) is 0.368. The molecular weight excluding hydrogens is 238 g/mol. The highest BCUT2D eigenvalue weighted by Crippen LogP contribution is 2.18. The van der Waals surface area contributed by atoms with E-state index in [0.717, 1.165) is 12.8 Å². The SMILES string of the molecule is O=C(CNCCn1cc(C(=O)O)nn1)NC1CC1. The summed E-state index contributed by atoms with van der Waals surface area (Å²) in [6.45, 7) is 1.26. The number of rotatable bonds is 7. The summed E-state index contributed by atoms with van der Waals surface area (Å²) < 4.78 is 1.43. The second-order valence-electron chi connectivity index (χ2n) is 4.19. The summed E-state index contributed by atoms with van der Waals surface area (Å²) in [5.74, 6) is -1.11. The van der Waals surface area contributed by atoms with Crippen molar-refractivity contribution in [1.82, 2.24) is 25.6 Å². The van der Waals surface area contributed by atoms with Crippen LogP contribution in [-0.4, -0.2) is 51.1 Å². The summed E-state index contributed by atoms with van der Waals surface area (Å²) in [7, 11) is 0. The van der Waals surface area contributed by atoms with Gasteiger partial charge in [-0.25, -0.2) is 4.79 Å². The molecule has 0 radical (unpaired) electrons. The Morgan fingerprint density at radius 3 is 2.89 bits per heavy atom. The molecule has 0 spiro atoms. The topological polar surface area (TPSA) is 109 Å². The second kappa shape index (κ2) is 5.58. The number of nitrogens with zero attached hydrogens (tertiary/aromatic N) is 3. The van der Waals surface area contributed by atoms with Gasteiger partial charge in [-0.1, -0.05) is 5.21 Å². The van der Waals surface area contributed by atoms with Gasteiger partial charge in [-0.3, -0.25) is 9.48 Å². The lowest BCUT2D eigenvalue weighted by Gasteiger charge is -2.05. The number of amides is 1. The van der Waals surface area contributed by atoms with Crippen molar-refractivity contribution >= 4 is 11.9 Å². The van der Waals surface area contributed by atoms with Crippen LogP contribution in [0.2, 0.25) is 0 Å². The Kier molecular flexibility index (Phi) is 3.88. The first-order valence-electron chi connectivity index (χ1n) is 5.78. The van der Waals surface area contributed by atoms with Crippen LogP contribution in [0.5, 0.6) is 0 Å². The predicted octanol–water partition coefficient (Wildman–Crippen LogP) is -1.16. The van der Waals surface area contributed by atoms with E-state index in [4.69, 9.17) is 5.11 Å². The van der Waals surface area contributed by atoms with Crippen LogP contribution in [0.25, 0.3) is 0 Å². The molecule has 8 nitrogen and oxygen atoms in total. The van der Waals surface area contributed by atoms with Crippen LogP contribution >= 0.6 is 0 Å². The van der Waals surface area contributed by atoms with E-state index in [1.807, 2.05) is 0 Å². The Bertz CT molecular complexity index is 440. The molecule has 0 atom stereocenters. The highest BCUT2D eigenvalue weighted by atomic mass is 16.4. The third kappa shape index (κ3) is 3.81. The van der Waals surface area contributed by atoms with Crippen molar-refractivity contribution in [2.45, 2.75) is 25.4 Å². The van der Waals surface area contributed by atoms with E-state index in [9.17, 15) is 9.59 Å². The lowest BCUT2D eigenvalue weighted by Crippen LogP contribution is -2.36. The fourth-order valence-corrected chi connectivity index (χ4v) is 1.41. The van der Waals surface area contributed by atoms with Crippen LogP contribution in [0.1, 0.15) is 23.3 Å². The van der Waals surface area contributed by atoms with Crippen molar-refractivity contribution in [3.8, 4) is 0 Å². The van der Waals surface area contributed by atoms with Crippen molar-refractivity contribution in [2.24, 2.45) is 0 Å². The first-order chi connectivity index (χ1) is 8.65. The number of aromatic carboxylic acids is 1. The van der Waals surface area contributed by atoms with Gasteiger partial charge in [0.15, 0.2) is 5.69 Å². The van der Waals surface area contributed by atoms with Crippen molar-refractivity contribution in [3.05, 3.63) is 11.9 Å². The Morgan fingerprint density at radius 2 is 2.28 bits per heavy atom. The first kappa shape index (κ1) is 12.5. The van der Waals surface area contributed by atoms with E-state index in [1.165, 1.54) is 10.9 Å². The number of carbonyl (C=O) groups is 2. The number of carboxylic acids is 1. The first-order valence-corrected chi connectivity index (χ1v) is 5.78. The van der Waals surface area contributed by atoms with Crippen LogP contribution in [0.4, 0.5) is 0 Å². The zero-order valence-electron chi connectivity index (χ0n) is 9.80. The zero-order valence-corrected chi connectivity index (χ0v) is 9.80. The van der Waals surface area contributed by atoms with Gasteiger partial charge in [-0.2, -0.15) is 0 Å². The molecule has 0 saturated heterocycles. The van der Waals surface area contributed by atoms with Crippen LogP contribution in [0.3, 0.4) is 0 Å². The van der Waals surface area contributed by atoms with E-state index >= 15 is 0 Å². The number of carbonyl (C=O) groups excluding carboxylic acids is 1. The van der Waals surface area contributed by atoms with Gasteiger partial charge in [-0.15, -0.1) is 5.10 Å². The summed E-state index contributed by atoms with van der Waals surface area (Å²) >= 11 is 0. The summed E-state index contributed by atoms with van der Waals surface area (Å²) in [5, 5.41) is 21.6. The van der Waals surface area contributed by atoms with Gasteiger partial charge in [0.2, 0.25) is 5.91 Å². The molecule has 3 N–H and O–H groups in total. The maximum atomic E-state index is 11.3. The Morgan fingerprint density at radius 1 is 1.50 bits per heavy atom. The molecule has 0 aliphatic heterocycles. The van der Waals surface area contributed by atoms with Crippen molar-refractivity contribution in [1.29, 1.82) is 0 Å². The van der Waals surface area contributed by atoms with Gasteiger partial charge in [0.1, 0.15) is 0 Å². The van der Waals surface area contributed by atoms with Crippen LogP contribution in [-0.2, 0) is 11.3 Å². The molecule has 1 heterocycles. The summed E-state index contributed by atoms with van der Waals surface area (Å²) in [5.41, 5.74) is -0.0820. The lowest BCUT2D eigenvalue weighted by atomic mass is 10.5. The number of nitrogens with one attached hydrogen (secondary N) is 2. The van der Waals surface area contributed by atoms with Gasteiger partial charge in [-0.05, 0) is 12.8 Å². The minimum Gasteiger partial charge on any atom is -0.476 e. The smallest absolute Gasteiger partial charge is 0.358 e. The third-order valence-corrected chi connectivity index (χ3v) is 2.50. The van der Waals surface area contributed by atoms with Crippen molar-refractivity contribution in [3.63, 3.8) is 0 Å². The molecule has 1 fully saturated rings. The molecule has 18 heavy (non-hydrogen) atoms. The average molecular weight is 253 g/mol. The quantitative estimate of drug-likeness (QED) is 0.529.